The van der Waals surface area contributed by atoms with Crippen LogP contribution in [-0.2, 0) is 16.4 Å². The lowest BCUT2D eigenvalue weighted by atomic mass is 9.86. The van der Waals surface area contributed by atoms with Gasteiger partial charge in [-0.25, -0.2) is 4.68 Å². The van der Waals surface area contributed by atoms with E-state index >= 15 is 0 Å². The van der Waals surface area contributed by atoms with E-state index in [1.807, 2.05) is 0 Å². The molecule has 1 amide bonds. The maximum absolute atomic E-state index is 13.2. The molecule has 0 saturated heterocycles. The second-order valence-electron chi connectivity index (χ2n) is 10.5. The Morgan fingerprint density at radius 3 is 2.21 bits per heavy atom. The zero-order valence-electron chi connectivity index (χ0n) is 19.5. The second-order valence-corrected chi connectivity index (χ2v) is 10.5. The van der Waals surface area contributed by atoms with Crippen molar-refractivity contribution in [3.8, 4) is 5.69 Å². The Morgan fingerprint density at radius 1 is 1.00 bits per heavy atom. The summed E-state index contributed by atoms with van der Waals surface area (Å²) in [5, 5.41) is 6.76. The number of alkyl halides is 3. The normalized spacial score (nSPS) is 20.3. The number of carbonyl (C=O) groups excluding carboxylic acids is 1. The van der Waals surface area contributed by atoms with Gasteiger partial charge in [0.15, 0.2) is 5.69 Å². The molecule has 5 rings (SSSR count). The number of nitrogens with one attached hydrogen (secondary N) is 1. The van der Waals surface area contributed by atoms with Gasteiger partial charge in [0.2, 0.25) is 5.91 Å². The van der Waals surface area contributed by atoms with Crippen LogP contribution in [0.2, 0.25) is 0 Å². The number of rotatable bonds is 5. The Morgan fingerprint density at radius 2 is 1.65 bits per heavy atom. The summed E-state index contributed by atoms with van der Waals surface area (Å²) in [4.78, 5) is 12.8. The van der Waals surface area contributed by atoms with E-state index in [-0.39, 0.29) is 29.1 Å². The van der Waals surface area contributed by atoms with E-state index in [0.29, 0.717) is 17.1 Å². The molecule has 2 aromatic carbocycles. The number of nitrogens with zero attached hydrogens (tertiary/aromatic N) is 2. The van der Waals surface area contributed by atoms with Gasteiger partial charge in [0.05, 0.1) is 5.69 Å². The van der Waals surface area contributed by atoms with Crippen molar-refractivity contribution in [3.63, 3.8) is 0 Å². The monoisotopic (exact) mass is 467 g/mol. The summed E-state index contributed by atoms with van der Waals surface area (Å²) in [5.41, 5.74) is 3.42. The fourth-order valence-electron chi connectivity index (χ4n) is 4.42. The Balaban J connectivity index is 1.25. The highest BCUT2D eigenvalue weighted by molar-refractivity contribution is 5.95. The molecule has 0 bridgehead atoms. The molecule has 34 heavy (non-hydrogen) atoms. The first kappa shape index (κ1) is 22.7. The minimum absolute atomic E-state index is 0.0326. The van der Waals surface area contributed by atoms with Gasteiger partial charge in [-0.3, -0.25) is 4.79 Å². The molecule has 0 aliphatic heterocycles. The Kier molecular flexibility index (Phi) is 5.34. The highest BCUT2D eigenvalue weighted by Crippen LogP contribution is 2.48. The van der Waals surface area contributed by atoms with E-state index in [1.165, 1.54) is 15.8 Å². The fourth-order valence-corrected chi connectivity index (χ4v) is 4.42. The number of hydrogen-bond donors (Lipinski definition) is 1. The van der Waals surface area contributed by atoms with Gasteiger partial charge in [-0.1, -0.05) is 45.0 Å². The molecular weight excluding hydrogens is 439 g/mol. The van der Waals surface area contributed by atoms with E-state index in [9.17, 15) is 18.0 Å². The summed E-state index contributed by atoms with van der Waals surface area (Å²) < 4.78 is 40.9. The van der Waals surface area contributed by atoms with E-state index in [1.54, 1.807) is 24.3 Å². The maximum Gasteiger partial charge on any atom is 0.435 e. The molecule has 2 aliphatic rings. The average Bonchev–Trinajstić information content (AvgIpc) is 3.70. The third-order valence-electron chi connectivity index (χ3n) is 6.73. The molecular formula is C27H28F3N3O. The molecule has 2 atom stereocenters. The molecule has 4 nitrogen and oxygen atoms in total. The summed E-state index contributed by atoms with van der Waals surface area (Å²) >= 11 is 0. The van der Waals surface area contributed by atoms with Gasteiger partial charge in [0.25, 0.3) is 0 Å². The van der Waals surface area contributed by atoms with Gasteiger partial charge >= 0.3 is 6.18 Å². The zero-order valence-corrected chi connectivity index (χ0v) is 19.5. The molecule has 1 N–H and O–H groups in total. The number of anilines is 1. The lowest BCUT2D eigenvalue weighted by Crippen LogP contribution is -2.15. The summed E-state index contributed by atoms with van der Waals surface area (Å²) in [6, 6.07) is 16.5. The largest absolute Gasteiger partial charge is 0.435 e. The molecule has 178 valence electrons. The van der Waals surface area contributed by atoms with Crippen LogP contribution in [0.5, 0.6) is 0 Å². The quantitative estimate of drug-likeness (QED) is 0.448. The Labute approximate surface area is 197 Å². The summed E-state index contributed by atoms with van der Waals surface area (Å²) in [7, 11) is 0. The van der Waals surface area contributed by atoms with E-state index < -0.39 is 11.9 Å². The third-order valence-corrected chi connectivity index (χ3v) is 6.73. The van der Waals surface area contributed by atoms with Gasteiger partial charge in [0, 0.05) is 23.2 Å². The first-order valence-electron chi connectivity index (χ1n) is 11.7. The van der Waals surface area contributed by atoms with Crippen LogP contribution in [0.25, 0.3) is 5.69 Å². The second kappa shape index (κ2) is 8.00. The molecule has 3 aromatic rings. The fraction of sp³-hybridized carbons (Fsp3) is 0.407. The lowest BCUT2D eigenvalue weighted by molar-refractivity contribution is -0.141. The summed E-state index contributed by atoms with van der Waals surface area (Å²) in [6.07, 6.45) is -1.91. The maximum atomic E-state index is 13.2. The van der Waals surface area contributed by atoms with Crippen LogP contribution in [0.4, 0.5) is 18.9 Å². The van der Waals surface area contributed by atoms with Crippen LogP contribution < -0.4 is 5.32 Å². The van der Waals surface area contributed by atoms with Crippen LogP contribution in [-0.4, -0.2) is 15.7 Å². The number of hydrogen-bond acceptors (Lipinski definition) is 2. The van der Waals surface area contributed by atoms with Gasteiger partial charge < -0.3 is 5.32 Å². The van der Waals surface area contributed by atoms with Crippen molar-refractivity contribution in [2.24, 2.45) is 5.92 Å². The Bertz CT molecular complexity index is 1200. The van der Waals surface area contributed by atoms with Gasteiger partial charge in [-0.2, -0.15) is 18.3 Å². The van der Waals surface area contributed by atoms with Crippen molar-refractivity contribution >= 4 is 11.6 Å². The number of halogens is 3. The molecule has 2 aliphatic carbocycles. The predicted octanol–water partition coefficient (Wildman–Crippen LogP) is 6.81. The van der Waals surface area contributed by atoms with Crippen LogP contribution in [0.1, 0.15) is 74.4 Å². The van der Waals surface area contributed by atoms with Crippen molar-refractivity contribution in [2.75, 3.05) is 5.32 Å². The van der Waals surface area contributed by atoms with Crippen LogP contribution in [0.3, 0.4) is 0 Å². The first-order valence-corrected chi connectivity index (χ1v) is 11.7. The molecule has 1 heterocycles. The molecule has 0 spiro atoms. The van der Waals surface area contributed by atoms with Crippen molar-refractivity contribution in [1.82, 2.24) is 9.78 Å². The molecule has 2 unspecified atom stereocenters. The minimum atomic E-state index is -4.48. The van der Waals surface area contributed by atoms with Gasteiger partial charge in [0.1, 0.15) is 0 Å². The lowest BCUT2D eigenvalue weighted by Gasteiger charge is -2.19. The number of benzene rings is 2. The van der Waals surface area contributed by atoms with E-state index in [0.717, 1.165) is 25.3 Å². The number of amides is 1. The van der Waals surface area contributed by atoms with Crippen LogP contribution in [0.15, 0.2) is 54.6 Å². The van der Waals surface area contributed by atoms with E-state index in [4.69, 9.17) is 0 Å². The van der Waals surface area contributed by atoms with Crippen molar-refractivity contribution in [2.45, 2.75) is 63.5 Å². The predicted molar refractivity (Wildman–Crippen MR) is 125 cm³/mol. The minimum Gasteiger partial charge on any atom is -0.326 e. The topological polar surface area (TPSA) is 46.9 Å². The smallest absolute Gasteiger partial charge is 0.326 e. The molecule has 7 heteroatoms. The van der Waals surface area contributed by atoms with E-state index in [2.05, 4.69) is 55.5 Å². The van der Waals surface area contributed by atoms with Crippen molar-refractivity contribution in [3.05, 3.63) is 77.1 Å². The third kappa shape index (κ3) is 4.61. The molecule has 0 radical (unpaired) electrons. The molecule has 1 aromatic heterocycles. The Hall–Kier alpha value is -3.09. The SMILES string of the molecule is CC(C)(C)c1ccc(C2CC2C(=O)Nc2ccc(-n3nc(C(F)(F)F)cc3C3CC3)cc2)cc1. The van der Waals surface area contributed by atoms with Gasteiger partial charge in [-0.05, 0) is 72.1 Å². The molecule has 2 fully saturated rings. The highest BCUT2D eigenvalue weighted by Gasteiger charge is 2.44. The molecule has 2 saturated carbocycles. The van der Waals surface area contributed by atoms with Crippen LogP contribution >= 0.6 is 0 Å². The standard InChI is InChI=1S/C27H28F3N3O/c1-26(2,3)18-8-6-16(7-9-18)21-14-22(21)25(34)31-19-10-12-20(13-11-19)33-23(17-4-5-17)15-24(32-33)27(28,29)30/h6-13,15,17,21-22H,4-5,14H2,1-3H3,(H,31,34). The van der Waals surface area contributed by atoms with Crippen molar-refractivity contribution < 1.29 is 18.0 Å². The first-order chi connectivity index (χ1) is 16.0. The average molecular weight is 468 g/mol. The van der Waals surface area contributed by atoms with Gasteiger partial charge in [-0.15, -0.1) is 0 Å². The van der Waals surface area contributed by atoms with Crippen LogP contribution in [0, 0.1) is 5.92 Å². The summed E-state index contributed by atoms with van der Waals surface area (Å²) in [6.45, 7) is 6.53. The summed E-state index contributed by atoms with van der Waals surface area (Å²) in [5.74, 6) is 0.239. The van der Waals surface area contributed by atoms with Crippen molar-refractivity contribution in [1.29, 1.82) is 0 Å². The number of carbonyl (C=O) groups is 1. The number of aromatic nitrogens is 2. The highest BCUT2D eigenvalue weighted by atomic mass is 19.4. The zero-order chi connectivity index (χ0) is 24.3.